The van der Waals surface area contributed by atoms with Crippen molar-refractivity contribution in [1.82, 2.24) is 4.57 Å². The van der Waals surface area contributed by atoms with Gasteiger partial charge in [-0.2, -0.15) is 13.2 Å². The normalized spacial score (nSPS) is 11.7. The predicted molar refractivity (Wildman–Crippen MR) is 115 cm³/mol. The number of aromatic nitrogens is 1. The van der Waals surface area contributed by atoms with Crippen molar-refractivity contribution < 1.29 is 27.9 Å². The number of carbonyl (C=O) groups excluding carboxylic acids is 1. The summed E-state index contributed by atoms with van der Waals surface area (Å²) in [6, 6.07) is 14.2. The number of hydrogen-bond donors (Lipinski definition) is 1. The summed E-state index contributed by atoms with van der Waals surface area (Å²) in [4.78, 5) is 24.5. The van der Waals surface area contributed by atoms with Crippen LogP contribution in [-0.4, -0.2) is 21.4 Å². The highest BCUT2D eigenvalue weighted by Gasteiger charge is 2.36. The van der Waals surface area contributed by atoms with E-state index >= 15 is 0 Å². The minimum Gasteiger partial charge on any atom is -0.478 e. The zero-order valence-corrected chi connectivity index (χ0v) is 17.5. The number of ketones is 1. The first-order chi connectivity index (χ1) is 15.1. The zero-order valence-electron chi connectivity index (χ0n) is 16.0. The lowest BCUT2D eigenvalue weighted by Crippen LogP contribution is -2.13. The highest BCUT2D eigenvalue weighted by Crippen LogP contribution is 2.36. The van der Waals surface area contributed by atoms with Gasteiger partial charge in [0.05, 0.1) is 32.3 Å². The first-order valence-electron chi connectivity index (χ1n) is 9.13. The van der Waals surface area contributed by atoms with E-state index in [2.05, 4.69) is 0 Å². The van der Waals surface area contributed by atoms with E-state index in [1.807, 2.05) is 0 Å². The van der Waals surface area contributed by atoms with Crippen LogP contribution in [0.1, 0.15) is 31.8 Å². The molecule has 1 aromatic heterocycles. The third kappa shape index (κ3) is 3.74. The molecule has 9 heteroatoms. The third-order valence-electron chi connectivity index (χ3n) is 4.96. The molecule has 32 heavy (non-hydrogen) atoms. The number of aromatic carboxylic acids is 1. The molecular weight excluding hydrogens is 466 g/mol. The van der Waals surface area contributed by atoms with Crippen LogP contribution in [0.3, 0.4) is 0 Å². The minimum absolute atomic E-state index is 0.0443. The standard InChI is InChI=1S/C23H12Cl2F3NO3/c24-17-5-3-6-18(25)20(17)21(30)15-11-29(19-7-2-1-4-13(15)19)12-8-9-14(22(31)32)16(10-12)23(26,27)28/h1-11H,(H,31,32). The molecule has 0 spiro atoms. The van der Waals surface area contributed by atoms with Crippen LogP contribution in [-0.2, 0) is 6.18 Å². The summed E-state index contributed by atoms with van der Waals surface area (Å²) in [7, 11) is 0. The molecule has 4 aromatic rings. The van der Waals surface area contributed by atoms with Gasteiger partial charge in [-0.3, -0.25) is 4.79 Å². The molecule has 162 valence electrons. The molecule has 1 N–H and O–H groups in total. The Balaban J connectivity index is 1.95. The largest absolute Gasteiger partial charge is 0.478 e. The van der Waals surface area contributed by atoms with E-state index < -0.39 is 29.1 Å². The van der Waals surface area contributed by atoms with Crippen molar-refractivity contribution in [2.45, 2.75) is 6.18 Å². The average Bonchev–Trinajstić information content (AvgIpc) is 3.12. The van der Waals surface area contributed by atoms with Gasteiger partial charge in [-0.25, -0.2) is 4.79 Å². The molecule has 0 unspecified atom stereocenters. The van der Waals surface area contributed by atoms with E-state index in [4.69, 9.17) is 28.3 Å². The summed E-state index contributed by atoms with van der Waals surface area (Å²) in [5, 5.41) is 9.90. The molecule has 0 aliphatic heterocycles. The number of carbonyl (C=O) groups is 2. The summed E-state index contributed by atoms with van der Waals surface area (Å²) < 4.78 is 41.9. The van der Waals surface area contributed by atoms with Crippen molar-refractivity contribution in [2.75, 3.05) is 0 Å². The van der Waals surface area contributed by atoms with Crippen molar-refractivity contribution in [1.29, 1.82) is 0 Å². The van der Waals surface area contributed by atoms with Gasteiger partial charge in [0.25, 0.3) is 0 Å². The predicted octanol–water partition coefficient (Wildman–Crippen LogP) is 6.89. The first kappa shape index (κ1) is 21.9. The fourth-order valence-electron chi connectivity index (χ4n) is 3.53. The molecule has 0 radical (unpaired) electrons. The van der Waals surface area contributed by atoms with Gasteiger partial charge in [0.2, 0.25) is 0 Å². The van der Waals surface area contributed by atoms with E-state index in [0.29, 0.717) is 10.9 Å². The SMILES string of the molecule is O=C(O)c1ccc(-n2cc(C(=O)c3c(Cl)cccc3Cl)c3ccccc32)cc1C(F)(F)F. The Bertz CT molecular complexity index is 1370. The van der Waals surface area contributed by atoms with Crippen LogP contribution in [0, 0.1) is 0 Å². The monoisotopic (exact) mass is 477 g/mol. The van der Waals surface area contributed by atoms with Gasteiger partial charge in [-0.05, 0) is 36.4 Å². The Morgan fingerprint density at radius 3 is 2.16 bits per heavy atom. The highest BCUT2D eigenvalue weighted by molar-refractivity contribution is 6.41. The second-order valence-electron chi connectivity index (χ2n) is 6.89. The van der Waals surface area contributed by atoms with E-state index in [1.54, 1.807) is 30.3 Å². The summed E-state index contributed by atoms with van der Waals surface area (Å²) in [6.07, 6.45) is -3.49. The van der Waals surface area contributed by atoms with Gasteiger partial charge in [0.1, 0.15) is 0 Å². The van der Waals surface area contributed by atoms with E-state index in [0.717, 1.165) is 12.1 Å². The maximum atomic E-state index is 13.5. The molecule has 0 atom stereocenters. The van der Waals surface area contributed by atoms with E-state index in [9.17, 15) is 22.8 Å². The second-order valence-corrected chi connectivity index (χ2v) is 7.70. The first-order valence-corrected chi connectivity index (χ1v) is 9.89. The minimum atomic E-state index is -4.88. The molecular formula is C23H12Cl2F3NO3. The fraction of sp³-hybridized carbons (Fsp3) is 0.0435. The van der Waals surface area contributed by atoms with Crippen molar-refractivity contribution in [3.8, 4) is 5.69 Å². The van der Waals surface area contributed by atoms with Crippen molar-refractivity contribution in [2.24, 2.45) is 0 Å². The number of carboxylic acids is 1. The summed E-state index contributed by atoms with van der Waals surface area (Å²) in [6.45, 7) is 0. The van der Waals surface area contributed by atoms with Crippen LogP contribution < -0.4 is 0 Å². The number of carboxylic acid groups (broad SMARTS) is 1. The molecule has 0 aliphatic rings. The number of alkyl halides is 3. The second kappa shape index (κ2) is 8.00. The lowest BCUT2D eigenvalue weighted by Gasteiger charge is -2.13. The number of hydrogen-bond acceptors (Lipinski definition) is 2. The fourth-order valence-corrected chi connectivity index (χ4v) is 4.10. The molecule has 0 amide bonds. The quantitative estimate of drug-likeness (QED) is 0.325. The number of fused-ring (bicyclic) bond motifs is 1. The maximum absolute atomic E-state index is 13.5. The average molecular weight is 478 g/mol. The van der Waals surface area contributed by atoms with Gasteiger partial charge in [-0.1, -0.05) is 47.5 Å². The van der Waals surface area contributed by atoms with Crippen LogP contribution in [0.5, 0.6) is 0 Å². The number of rotatable bonds is 4. The van der Waals surface area contributed by atoms with Crippen molar-refractivity contribution >= 4 is 45.9 Å². The third-order valence-corrected chi connectivity index (χ3v) is 5.59. The van der Waals surface area contributed by atoms with Gasteiger partial charge in [0, 0.05) is 22.8 Å². The van der Waals surface area contributed by atoms with E-state index in [1.165, 1.54) is 29.0 Å². The summed E-state index contributed by atoms with van der Waals surface area (Å²) in [5.41, 5.74) is -1.39. The number of halogens is 5. The number of benzene rings is 3. The Morgan fingerprint density at radius 2 is 1.53 bits per heavy atom. The Hall–Kier alpha value is -3.29. The maximum Gasteiger partial charge on any atom is 0.417 e. The van der Waals surface area contributed by atoms with Gasteiger partial charge in [0.15, 0.2) is 5.78 Å². The molecule has 0 aliphatic carbocycles. The van der Waals surface area contributed by atoms with Gasteiger partial charge >= 0.3 is 12.1 Å². The number of nitrogens with zero attached hydrogens (tertiary/aromatic N) is 1. The Morgan fingerprint density at radius 1 is 0.875 bits per heavy atom. The van der Waals surface area contributed by atoms with Crippen molar-refractivity contribution in [3.05, 3.63) is 99.2 Å². The highest BCUT2D eigenvalue weighted by atomic mass is 35.5. The van der Waals surface area contributed by atoms with Gasteiger partial charge in [-0.15, -0.1) is 0 Å². The van der Waals surface area contributed by atoms with Crippen LogP contribution in [0.15, 0.2) is 66.9 Å². The van der Waals surface area contributed by atoms with Crippen molar-refractivity contribution in [3.63, 3.8) is 0 Å². The molecule has 4 rings (SSSR count). The summed E-state index contributed by atoms with van der Waals surface area (Å²) >= 11 is 12.3. The molecule has 0 saturated carbocycles. The van der Waals surface area contributed by atoms with E-state index in [-0.39, 0.29) is 26.9 Å². The van der Waals surface area contributed by atoms with Crippen LogP contribution in [0.2, 0.25) is 10.0 Å². The van der Waals surface area contributed by atoms with Crippen LogP contribution in [0.25, 0.3) is 16.6 Å². The van der Waals surface area contributed by atoms with Crippen LogP contribution in [0.4, 0.5) is 13.2 Å². The zero-order chi connectivity index (χ0) is 23.2. The molecule has 4 nitrogen and oxygen atoms in total. The van der Waals surface area contributed by atoms with Gasteiger partial charge < -0.3 is 9.67 Å². The van der Waals surface area contributed by atoms with Crippen LogP contribution >= 0.6 is 23.2 Å². The molecule has 0 bridgehead atoms. The lowest BCUT2D eigenvalue weighted by atomic mass is 10.0. The smallest absolute Gasteiger partial charge is 0.417 e. The number of para-hydroxylation sites is 1. The summed E-state index contributed by atoms with van der Waals surface area (Å²) in [5.74, 6) is -2.18. The molecule has 0 fully saturated rings. The topological polar surface area (TPSA) is 59.3 Å². The Labute approximate surface area is 189 Å². The molecule has 3 aromatic carbocycles. The lowest BCUT2D eigenvalue weighted by molar-refractivity contribution is -0.138. The molecule has 1 heterocycles. The molecule has 0 saturated heterocycles. The Kier molecular flexibility index (Phi) is 5.48.